The molecule has 0 aliphatic carbocycles. The molecule has 4 unspecified atom stereocenters. The number of nitrogens with one attached hydrogen (secondary N) is 1. The van der Waals surface area contributed by atoms with Gasteiger partial charge in [-0.25, -0.2) is 4.79 Å². The van der Waals surface area contributed by atoms with Crippen molar-refractivity contribution in [3.05, 3.63) is 40.2 Å². The van der Waals surface area contributed by atoms with E-state index in [1.54, 1.807) is 0 Å². The van der Waals surface area contributed by atoms with Crippen LogP contribution >= 0.6 is 0 Å². The molecule has 3 rings (SSSR count). The van der Waals surface area contributed by atoms with E-state index in [9.17, 15) is 33.3 Å². The van der Waals surface area contributed by atoms with Crippen LogP contribution in [0, 0.1) is 0 Å². The molecule has 148 valence electrons. The molecule has 0 bridgehead atoms. The Labute approximate surface area is 149 Å². The number of aliphatic hydroxyl groups is 4. The SMILES string of the molecule is O=c1oc2cc(NC3C(O)OC(CO)[C@H](O)C3O)ccc2cc1C(F)(F)F. The Hall–Kier alpha value is -2.18. The fourth-order valence-electron chi connectivity index (χ4n) is 2.84. The third-order valence-electron chi connectivity index (χ3n) is 4.27. The third-order valence-corrected chi connectivity index (χ3v) is 4.27. The van der Waals surface area contributed by atoms with E-state index < -0.39 is 54.6 Å². The lowest BCUT2D eigenvalue weighted by atomic mass is 9.97. The van der Waals surface area contributed by atoms with Gasteiger partial charge in [0.05, 0.1) is 6.61 Å². The number of benzene rings is 1. The van der Waals surface area contributed by atoms with Crippen LogP contribution in [0.4, 0.5) is 18.9 Å². The highest BCUT2D eigenvalue weighted by Crippen LogP contribution is 2.30. The molecule has 0 saturated carbocycles. The second-order valence-electron chi connectivity index (χ2n) is 6.10. The van der Waals surface area contributed by atoms with Crippen molar-refractivity contribution in [2.75, 3.05) is 11.9 Å². The number of rotatable bonds is 3. The first-order valence-corrected chi connectivity index (χ1v) is 7.84. The van der Waals surface area contributed by atoms with Crippen molar-refractivity contribution in [1.82, 2.24) is 0 Å². The summed E-state index contributed by atoms with van der Waals surface area (Å²) < 4.78 is 48.0. The zero-order valence-corrected chi connectivity index (χ0v) is 13.6. The van der Waals surface area contributed by atoms with Crippen LogP contribution < -0.4 is 10.9 Å². The van der Waals surface area contributed by atoms with Crippen molar-refractivity contribution in [2.24, 2.45) is 0 Å². The summed E-state index contributed by atoms with van der Waals surface area (Å²) in [5, 5.41) is 41.6. The fraction of sp³-hybridized carbons (Fsp3) is 0.438. The summed E-state index contributed by atoms with van der Waals surface area (Å²) in [7, 11) is 0. The van der Waals surface area contributed by atoms with Crippen LogP contribution in [0.2, 0.25) is 0 Å². The summed E-state index contributed by atoms with van der Waals surface area (Å²) in [6.45, 7) is -0.620. The molecular weight excluding hydrogens is 375 g/mol. The van der Waals surface area contributed by atoms with E-state index in [1.165, 1.54) is 18.2 Å². The van der Waals surface area contributed by atoms with Gasteiger partial charge in [-0.05, 0) is 18.2 Å². The molecule has 27 heavy (non-hydrogen) atoms. The number of hydrogen-bond acceptors (Lipinski definition) is 8. The minimum absolute atomic E-state index is 0.0221. The first-order chi connectivity index (χ1) is 12.6. The normalized spacial score (nSPS) is 29.1. The van der Waals surface area contributed by atoms with Crippen molar-refractivity contribution in [3.63, 3.8) is 0 Å². The molecule has 8 nitrogen and oxygen atoms in total. The van der Waals surface area contributed by atoms with E-state index in [1.807, 2.05) is 0 Å². The van der Waals surface area contributed by atoms with Crippen LogP contribution in [0.15, 0.2) is 33.5 Å². The van der Waals surface area contributed by atoms with Gasteiger partial charge < -0.3 is 34.9 Å². The van der Waals surface area contributed by atoms with Gasteiger partial charge in [0.2, 0.25) is 0 Å². The molecule has 1 aliphatic heterocycles. The lowest BCUT2D eigenvalue weighted by Gasteiger charge is -2.40. The summed E-state index contributed by atoms with van der Waals surface area (Å²) >= 11 is 0. The van der Waals surface area contributed by atoms with E-state index in [0.29, 0.717) is 6.07 Å². The molecule has 0 amide bonds. The number of anilines is 1. The minimum Gasteiger partial charge on any atom is -0.422 e. The molecule has 11 heteroatoms. The van der Waals surface area contributed by atoms with Crippen molar-refractivity contribution in [3.8, 4) is 0 Å². The molecule has 0 spiro atoms. The Bertz CT molecular complexity index is 884. The first-order valence-electron chi connectivity index (χ1n) is 7.84. The maximum atomic E-state index is 12.8. The molecule has 1 fully saturated rings. The van der Waals surface area contributed by atoms with E-state index in [0.717, 1.165) is 0 Å². The molecule has 5 atom stereocenters. The fourth-order valence-corrected chi connectivity index (χ4v) is 2.84. The second kappa shape index (κ2) is 7.09. The summed E-state index contributed by atoms with van der Waals surface area (Å²) in [5.41, 5.74) is -2.94. The topological polar surface area (TPSA) is 132 Å². The lowest BCUT2D eigenvalue weighted by molar-refractivity contribution is -0.245. The molecule has 2 aromatic rings. The van der Waals surface area contributed by atoms with Gasteiger partial charge in [0, 0.05) is 17.1 Å². The van der Waals surface area contributed by atoms with Gasteiger partial charge in [-0.3, -0.25) is 0 Å². The van der Waals surface area contributed by atoms with E-state index in [4.69, 9.17) is 14.3 Å². The molecular formula is C16H16F3NO7. The number of hydrogen-bond donors (Lipinski definition) is 5. The van der Waals surface area contributed by atoms with E-state index in [2.05, 4.69) is 5.32 Å². The maximum Gasteiger partial charge on any atom is 0.423 e. The highest BCUT2D eigenvalue weighted by molar-refractivity contribution is 5.81. The molecule has 1 aromatic carbocycles. The largest absolute Gasteiger partial charge is 0.423 e. The highest BCUT2D eigenvalue weighted by Gasteiger charge is 2.43. The van der Waals surface area contributed by atoms with Crippen LogP contribution in [0.25, 0.3) is 11.0 Å². The predicted molar refractivity (Wildman–Crippen MR) is 84.9 cm³/mol. The van der Waals surface area contributed by atoms with Gasteiger partial charge in [0.1, 0.15) is 35.5 Å². The Morgan fingerprint density at radius 3 is 2.44 bits per heavy atom. The molecule has 2 heterocycles. The van der Waals surface area contributed by atoms with Crippen LogP contribution in [-0.4, -0.2) is 57.7 Å². The van der Waals surface area contributed by atoms with E-state index in [-0.39, 0.29) is 16.7 Å². The highest BCUT2D eigenvalue weighted by atomic mass is 19.4. The van der Waals surface area contributed by atoms with Gasteiger partial charge in [-0.2, -0.15) is 13.2 Å². The van der Waals surface area contributed by atoms with Crippen molar-refractivity contribution in [2.45, 2.75) is 36.8 Å². The van der Waals surface area contributed by atoms with Gasteiger partial charge in [-0.15, -0.1) is 0 Å². The summed E-state index contributed by atoms with van der Waals surface area (Å²) in [5.74, 6) is 0. The van der Waals surface area contributed by atoms with Crippen molar-refractivity contribution in [1.29, 1.82) is 0 Å². The Morgan fingerprint density at radius 1 is 1.11 bits per heavy atom. The number of aliphatic hydroxyl groups excluding tert-OH is 4. The van der Waals surface area contributed by atoms with Crippen LogP contribution in [0.5, 0.6) is 0 Å². The van der Waals surface area contributed by atoms with Gasteiger partial charge >= 0.3 is 11.8 Å². The summed E-state index contributed by atoms with van der Waals surface area (Å²) in [6.07, 6.45) is -10.6. The van der Waals surface area contributed by atoms with E-state index >= 15 is 0 Å². The monoisotopic (exact) mass is 391 g/mol. The lowest BCUT2D eigenvalue weighted by Crippen LogP contribution is -2.61. The Balaban J connectivity index is 1.89. The quantitative estimate of drug-likeness (QED) is 0.463. The van der Waals surface area contributed by atoms with Gasteiger partial charge in [0.25, 0.3) is 0 Å². The molecule has 1 aromatic heterocycles. The smallest absolute Gasteiger partial charge is 0.422 e. The predicted octanol–water partition coefficient (Wildman–Crippen LogP) is 0.0236. The second-order valence-corrected chi connectivity index (χ2v) is 6.10. The van der Waals surface area contributed by atoms with Crippen LogP contribution in [-0.2, 0) is 10.9 Å². The van der Waals surface area contributed by atoms with Crippen LogP contribution in [0.3, 0.4) is 0 Å². The van der Waals surface area contributed by atoms with Crippen molar-refractivity contribution < 1.29 is 42.8 Å². The zero-order chi connectivity index (χ0) is 19.9. The Morgan fingerprint density at radius 2 is 1.81 bits per heavy atom. The van der Waals surface area contributed by atoms with Gasteiger partial charge in [-0.1, -0.05) is 0 Å². The number of alkyl halides is 3. The van der Waals surface area contributed by atoms with Gasteiger partial charge in [0.15, 0.2) is 6.29 Å². The zero-order valence-electron chi connectivity index (χ0n) is 13.6. The van der Waals surface area contributed by atoms with Crippen molar-refractivity contribution >= 4 is 16.7 Å². The third kappa shape index (κ3) is 3.77. The average Bonchev–Trinajstić information content (AvgIpc) is 2.60. The maximum absolute atomic E-state index is 12.8. The number of fused-ring (bicyclic) bond motifs is 1. The number of halogens is 3. The first kappa shape index (κ1) is 19.6. The molecule has 1 saturated heterocycles. The standard InChI is InChI=1S/C16H16F3NO7/c17-16(18,19)8-3-6-1-2-7(4-9(6)26-14(8)24)20-11-13(23)12(22)10(5-21)27-15(11)25/h1-4,10-13,15,20-23,25H,5H2/t10?,11?,12-,13?,15?/m0/s1. The molecule has 1 aliphatic rings. The average molecular weight is 391 g/mol. The molecule has 5 N–H and O–H groups in total. The summed E-state index contributed by atoms with van der Waals surface area (Å²) in [6, 6.07) is 3.26. The minimum atomic E-state index is -4.85. The Kier molecular flexibility index (Phi) is 5.14. The molecule has 0 radical (unpaired) electrons. The number of ether oxygens (including phenoxy) is 1. The summed E-state index contributed by atoms with van der Waals surface area (Å²) in [4.78, 5) is 11.5. The van der Waals surface area contributed by atoms with Crippen LogP contribution in [0.1, 0.15) is 5.56 Å².